The summed E-state index contributed by atoms with van der Waals surface area (Å²) in [5.41, 5.74) is -0.463. The molecule has 9 heteroatoms. The lowest BCUT2D eigenvalue weighted by Crippen LogP contribution is -2.56. The van der Waals surface area contributed by atoms with Crippen LogP contribution in [0.5, 0.6) is 5.75 Å². The normalized spacial score (nSPS) is 22.3. The van der Waals surface area contributed by atoms with Gasteiger partial charge in [-0.3, -0.25) is 14.4 Å². The number of nitrogens with one attached hydrogen (secondary N) is 2. The fraction of sp³-hybridized carbons (Fsp3) is 0.400. The number of hydrogen-bond acceptors (Lipinski definition) is 6. The predicted octanol–water partition coefficient (Wildman–Crippen LogP) is 2.31. The number of fused-ring (bicyclic) bond motifs is 1. The molecule has 1 aromatic carbocycles. The van der Waals surface area contributed by atoms with E-state index in [0.717, 1.165) is 4.88 Å². The van der Waals surface area contributed by atoms with Crippen LogP contribution in [0, 0.1) is 6.92 Å². The quantitative estimate of drug-likeness (QED) is 0.803. The van der Waals surface area contributed by atoms with Gasteiger partial charge >= 0.3 is 0 Å². The Balaban J connectivity index is 1.48. The summed E-state index contributed by atoms with van der Waals surface area (Å²) in [4.78, 5) is 44.5. The van der Waals surface area contributed by atoms with E-state index in [1.807, 2.05) is 13.0 Å². The molecule has 2 aliphatic heterocycles. The fourth-order valence-corrected chi connectivity index (χ4v) is 4.32. The monoisotopic (exact) mass is 414 g/mol. The van der Waals surface area contributed by atoms with Crippen LogP contribution in [0.1, 0.15) is 41.4 Å². The Morgan fingerprint density at radius 2 is 2.14 bits per heavy atom. The van der Waals surface area contributed by atoms with E-state index in [9.17, 15) is 14.4 Å². The minimum absolute atomic E-state index is 0.142. The molecule has 1 fully saturated rings. The summed E-state index contributed by atoms with van der Waals surface area (Å²) in [5.74, 6) is -0.126. The third-order valence-corrected chi connectivity index (χ3v) is 6.12. The van der Waals surface area contributed by atoms with Crippen LogP contribution < -0.4 is 15.4 Å². The van der Waals surface area contributed by atoms with E-state index in [-0.39, 0.29) is 24.1 Å². The second kappa shape index (κ2) is 7.47. The molecule has 3 amide bonds. The van der Waals surface area contributed by atoms with Crippen LogP contribution in [0.2, 0.25) is 0 Å². The summed E-state index contributed by atoms with van der Waals surface area (Å²) in [6, 6.07) is 6.40. The standard InChI is InChI=1S/C20H22N4O4S/c1-12-11-21-19(29-12)22-17(26)13(2)24-10-9-20(8-7-16(24)25)23-18(27)14-5-3-4-6-15(14)28-20/h3-6,11,13H,7-10H2,1-2H3,(H,23,27)(H,21,22,26)/t13-,20-/m1/s1. The summed E-state index contributed by atoms with van der Waals surface area (Å²) >= 11 is 1.38. The Hall–Kier alpha value is -2.94. The van der Waals surface area contributed by atoms with Crippen molar-refractivity contribution in [3.63, 3.8) is 0 Å². The van der Waals surface area contributed by atoms with Crippen LogP contribution in [0.25, 0.3) is 0 Å². The molecule has 2 N–H and O–H groups in total. The van der Waals surface area contributed by atoms with Crippen molar-refractivity contribution in [2.75, 3.05) is 11.9 Å². The Morgan fingerprint density at radius 3 is 2.90 bits per heavy atom. The van der Waals surface area contributed by atoms with Gasteiger partial charge in [-0.05, 0) is 26.0 Å². The van der Waals surface area contributed by atoms with Gasteiger partial charge in [-0.25, -0.2) is 4.98 Å². The van der Waals surface area contributed by atoms with Crippen molar-refractivity contribution in [1.29, 1.82) is 0 Å². The molecule has 0 unspecified atom stereocenters. The lowest BCUT2D eigenvalue weighted by molar-refractivity contribution is -0.137. The van der Waals surface area contributed by atoms with Gasteiger partial charge in [-0.2, -0.15) is 0 Å². The third-order valence-electron chi connectivity index (χ3n) is 5.30. The Labute approximate surface area is 172 Å². The van der Waals surface area contributed by atoms with Crippen LogP contribution in [-0.2, 0) is 9.59 Å². The number of thiazole rings is 1. The zero-order valence-corrected chi connectivity index (χ0v) is 17.0. The van der Waals surface area contributed by atoms with Gasteiger partial charge in [-0.1, -0.05) is 12.1 Å². The van der Waals surface area contributed by atoms with Gasteiger partial charge in [0.25, 0.3) is 5.91 Å². The minimum Gasteiger partial charge on any atom is -0.467 e. The van der Waals surface area contributed by atoms with E-state index >= 15 is 0 Å². The number of ether oxygens (including phenoxy) is 1. The highest BCUT2D eigenvalue weighted by atomic mass is 32.1. The number of nitrogens with zero attached hydrogens (tertiary/aromatic N) is 2. The molecule has 4 rings (SSSR count). The fourth-order valence-electron chi connectivity index (χ4n) is 3.66. The number of aryl methyl sites for hydroxylation is 1. The molecule has 8 nitrogen and oxygen atoms in total. The maximum absolute atomic E-state index is 12.7. The van der Waals surface area contributed by atoms with Gasteiger partial charge < -0.3 is 20.3 Å². The highest BCUT2D eigenvalue weighted by Crippen LogP contribution is 2.34. The van der Waals surface area contributed by atoms with E-state index in [2.05, 4.69) is 15.6 Å². The number of amides is 3. The number of para-hydroxylation sites is 1. The molecule has 1 aromatic heterocycles. The van der Waals surface area contributed by atoms with Gasteiger partial charge in [0, 0.05) is 36.9 Å². The molecular weight excluding hydrogens is 392 g/mol. The molecule has 0 bridgehead atoms. The highest BCUT2D eigenvalue weighted by molar-refractivity contribution is 7.15. The summed E-state index contributed by atoms with van der Waals surface area (Å²) in [6.45, 7) is 3.90. The maximum atomic E-state index is 12.7. The van der Waals surface area contributed by atoms with Gasteiger partial charge in [0.15, 0.2) is 10.9 Å². The second-order valence-corrected chi connectivity index (χ2v) is 8.56. The molecule has 29 heavy (non-hydrogen) atoms. The number of carbonyl (C=O) groups is 3. The first kappa shape index (κ1) is 19.4. The van der Waals surface area contributed by atoms with Crippen molar-refractivity contribution in [2.45, 2.75) is 44.9 Å². The van der Waals surface area contributed by atoms with Gasteiger partial charge in [-0.15, -0.1) is 11.3 Å². The Bertz CT molecular complexity index is 975. The van der Waals surface area contributed by atoms with Crippen LogP contribution in [0.4, 0.5) is 5.13 Å². The molecule has 1 spiro atoms. The first-order chi connectivity index (χ1) is 13.9. The number of carbonyl (C=O) groups excluding carboxylic acids is 3. The molecule has 0 aliphatic carbocycles. The predicted molar refractivity (Wildman–Crippen MR) is 108 cm³/mol. The minimum atomic E-state index is -0.946. The van der Waals surface area contributed by atoms with Crippen LogP contribution in [0.15, 0.2) is 30.5 Å². The van der Waals surface area contributed by atoms with Crippen LogP contribution in [-0.4, -0.2) is 45.9 Å². The first-order valence-corrected chi connectivity index (χ1v) is 10.3. The van der Waals surface area contributed by atoms with Crippen molar-refractivity contribution < 1.29 is 19.1 Å². The number of hydrogen-bond donors (Lipinski definition) is 2. The molecule has 152 valence electrons. The zero-order valence-electron chi connectivity index (χ0n) is 16.2. The molecule has 2 atom stereocenters. The summed E-state index contributed by atoms with van der Waals surface area (Å²) < 4.78 is 6.13. The largest absolute Gasteiger partial charge is 0.467 e. The lowest BCUT2D eigenvalue weighted by Gasteiger charge is -2.38. The molecule has 2 aromatic rings. The lowest BCUT2D eigenvalue weighted by atomic mass is 10.0. The number of aromatic nitrogens is 1. The molecule has 2 aliphatic rings. The molecule has 3 heterocycles. The van der Waals surface area contributed by atoms with Crippen molar-refractivity contribution in [3.8, 4) is 5.75 Å². The summed E-state index contributed by atoms with van der Waals surface area (Å²) in [6.07, 6.45) is 2.61. The van der Waals surface area contributed by atoms with E-state index in [1.54, 1.807) is 36.2 Å². The highest BCUT2D eigenvalue weighted by Gasteiger charge is 2.43. The van der Waals surface area contributed by atoms with Gasteiger partial charge in [0.2, 0.25) is 11.8 Å². The number of benzene rings is 1. The first-order valence-electron chi connectivity index (χ1n) is 9.50. The second-order valence-electron chi connectivity index (χ2n) is 7.33. The molecule has 1 saturated heterocycles. The average molecular weight is 414 g/mol. The number of rotatable bonds is 3. The van der Waals surface area contributed by atoms with Crippen molar-refractivity contribution in [2.24, 2.45) is 0 Å². The average Bonchev–Trinajstić information content (AvgIpc) is 3.04. The topological polar surface area (TPSA) is 101 Å². The molecular formula is C20H22N4O4S. The molecule has 0 saturated carbocycles. The van der Waals surface area contributed by atoms with Gasteiger partial charge in [0.05, 0.1) is 5.56 Å². The zero-order chi connectivity index (χ0) is 20.6. The smallest absolute Gasteiger partial charge is 0.258 e. The van der Waals surface area contributed by atoms with Crippen molar-refractivity contribution in [1.82, 2.24) is 15.2 Å². The molecule has 0 radical (unpaired) electrons. The SMILES string of the molecule is Cc1cnc(NC(=O)[C@@H](C)N2CC[C@]3(CCC2=O)NC(=O)c2ccccc2O3)s1. The van der Waals surface area contributed by atoms with Crippen LogP contribution >= 0.6 is 11.3 Å². The summed E-state index contributed by atoms with van der Waals surface area (Å²) in [7, 11) is 0. The van der Waals surface area contributed by atoms with E-state index in [1.165, 1.54) is 11.3 Å². The van der Waals surface area contributed by atoms with Gasteiger partial charge in [0.1, 0.15) is 11.8 Å². The third kappa shape index (κ3) is 3.82. The number of anilines is 1. The van der Waals surface area contributed by atoms with E-state index in [0.29, 0.717) is 35.8 Å². The number of likely N-dealkylation sites (tertiary alicyclic amines) is 1. The van der Waals surface area contributed by atoms with Crippen molar-refractivity contribution >= 4 is 34.2 Å². The maximum Gasteiger partial charge on any atom is 0.258 e. The van der Waals surface area contributed by atoms with E-state index in [4.69, 9.17) is 4.74 Å². The van der Waals surface area contributed by atoms with Crippen molar-refractivity contribution in [3.05, 3.63) is 40.9 Å². The van der Waals surface area contributed by atoms with Crippen LogP contribution in [0.3, 0.4) is 0 Å². The summed E-state index contributed by atoms with van der Waals surface area (Å²) in [5, 5.41) is 6.21. The van der Waals surface area contributed by atoms with E-state index < -0.39 is 11.8 Å². The Kier molecular flexibility index (Phi) is 4.99. The Morgan fingerprint density at radius 1 is 1.34 bits per heavy atom.